The molecular formula is C19H21ClN2O2. The summed E-state index contributed by atoms with van der Waals surface area (Å²) in [6, 6.07) is 14.3. The summed E-state index contributed by atoms with van der Waals surface area (Å²) in [4.78, 5) is 24.6. The van der Waals surface area contributed by atoms with Gasteiger partial charge in [0.2, 0.25) is 5.91 Å². The van der Waals surface area contributed by atoms with Crippen LogP contribution < -0.4 is 10.6 Å². The molecule has 0 saturated carbocycles. The fourth-order valence-corrected chi connectivity index (χ4v) is 2.41. The van der Waals surface area contributed by atoms with E-state index in [0.717, 1.165) is 12.0 Å². The van der Waals surface area contributed by atoms with E-state index >= 15 is 0 Å². The van der Waals surface area contributed by atoms with Crippen LogP contribution in [0.15, 0.2) is 48.5 Å². The van der Waals surface area contributed by atoms with Gasteiger partial charge in [-0.15, -0.1) is 0 Å². The van der Waals surface area contributed by atoms with Crippen LogP contribution in [0.4, 0.5) is 5.69 Å². The minimum absolute atomic E-state index is 0.0735. The maximum absolute atomic E-state index is 12.3. The number of carbonyl (C=O) groups is 2. The Morgan fingerprint density at radius 2 is 1.75 bits per heavy atom. The lowest BCUT2D eigenvalue weighted by Crippen LogP contribution is -2.32. The third-order valence-corrected chi connectivity index (χ3v) is 4.11. The molecule has 2 N–H and O–H groups in total. The van der Waals surface area contributed by atoms with Crippen molar-refractivity contribution in [2.75, 3.05) is 5.32 Å². The molecule has 0 saturated heterocycles. The second kappa shape index (κ2) is 8.50. The normalized spacial score (nSPS) is 11.6. The van der Waals surface area contributed by atoms with Gasteiger partial charge < -0.3 is 10.6 Å². The van der Waals surface area contributed by atoms with Crippen LogP contribution in [0.3, 0.4) is 0 Å². The Bertz CT molecular complexity index is 731. The first-order chi connectivity index (χ1) is 11.5. The number of hydrogen-bond donors (Lipinski definition) is 2. The molecular weight excluding hydrogens is 324 g/mol. The van der Waals surface area contributed by atoms with Gasteiger partial charge in [-0.2, -0.15) is 0 Å². The minimum Gasteiger partial charge on any atom is -0.350 e. The van der Waals surface area contributed by atoms with Gasteiger partial charge in [0.25, 0.3) is 5.91 Å². The summed E-state index contributed by atoms with van der Waals surface area (Å²) in [6.45, 7) is 3.94. The van der Waals surface area contributed by atoms with Gasteiger partial charge in [0, 0.05) is 11.1 Å². The molecule has 126 valence electrons. The molecule has 0 aromatic heterocycles. The fourth-order valence-electron chi connectivity index (χ4n) is 2.20. The van der Waals surface area contributed by atoms with Gasteiger partial charge in [-0.3, -0.25) is 9.59 Å². The first kappa shape index (κ1) is 18.0. The van der Waals surface area contributed by atoms with E-state index in [2.05, 4.69) is 10.6 Å². The molecule has 0 fully saturated rings. The molecule has 2 aromatic rings. The second-order valence-corrected chi connectivity index (χ2v) is 6.05. The van der Waals surface area contributed by atoms with Crippen molar-refractivity contribution in [3.05, 3.63) is 64.7 Å². The average Bonchev–Trinajstić information content (AvgIpc) is 2.57. The average molecular weight is 345 g/mol. The quantitative estimate of drug-likeness (QED) is 0.830. The number of amides is 2. The van der Waals surface area contributed by atoms with Crippen LogP contribution in [0.25, 0.3) is 0 Å². The topological polar surface area (TPSA) is 58.2 Å². The van der Waals surface area contributed by atoms with Gasteiger partial charge in [0.05, 0.1) is 17.7 Å². The van der Waals surface area contributed by atoms with Gasteiger partial charge >= 0.3 is 0 Å². The highest BCUT2D eigenvalue weighted by Gasteiger charge is 2.15. The van der Waals surface area contributed by atoms with Crippen LogP contribution in [0.2, 0.25) is 5.02 Å². The summed E-state index contributed by atoms with van der Waals surface area (Å²) in [6.07, 6.45) is 0.994. The molecule has 2 rings (SSSR count). The molecule has 1 unspecified atom stereocenters. The Kier molecular flexibility index (Phi) is 6.38. The van der Waals surface area contributed by atoms with Crippen molar-refractivity contribution in [1.29, 1.82) is 0 Å². The zero-order valence-electron chi connectivity index (χ0n) is 13.8. The number of nitrogens with one attached hydrogen (secondary N) is 2. The lowest BCUT2D eigenvalue weighted by Gasteiger charge is -2.14. The third kappa shape index (κ3) is 4.83. The third-order valence-electron chi connectivity index (χ3n) is 3.74. The predicted molar refractivity (Wildman–Crippen MR) is 97.4 cm³/mol. The standard InChI is InChI=1S/C19H21ClN2O2/c1-3-13(2)21-19(24)15-9-5-7-11-17(15)22-18(23)12-14-8-4-6-10-16(14)20/h4-11,13H,3,12H2,1-2H3,(H,21,24)(H,22,23). The van der Waals surface area contributed by atoms with Gasteiger partial charge in [0.1, 0.15) is 0 Å². The van der Waals surface area contributed by atoms with E-state index in [1.807, 2.05) is 32.0 Å². The molecule has 2 aromatic carbocycles. The smallest absolute Gasteiger partial charge is 0.253 e. The maximum Gasteiger partial charge on any atom is 0.253 e. The van der Waals surface area contributed by atoms with Gasteiger partial charge in [-0.25, -0.2) is 0 Å². The predicted octanol–water partition coefficient (Wildman–Crippen LogP) is 4.05. The van der Waals surface area contributed by atoms with Crippen LogP contribution in [-0.4, -0.2) is 17.9 Å². The maximum atomic E-state index is 12.3. The highest BCUT2D eigenvalue weighted by atomic mass is 35.5. The Balaban J connectivity index is 2.11. The Labute approximate surface area is 147 Å². The number of carbonyl (C=O) groups excluding carboxylic acids is 2. The summed E-state index contributed by atoms with van der Waals surface area (Å²) in [5.41, 5.74) is 1.69. The minimum atomic E-state index is -0.216. The monoisotopic (exact) mass is 344 g/mol. The number of hydrogen-bond acceptors (Lipinski definition) is 2. The van der Waals surface area contributed by atoms with Crippen molar-refractivity contribution in [3.8, 4) is 0 Å². The lowest BCUT2D eigenvalue weighted by atomic mass is 10.1. The SMILES string of the molecule is CCC(C)NC(=O)c1ccccc1NC(=O)Cc1ccccc1Cl. The molecule has 0 bridgehead atoms. The number of anilines is 1. The van der Waals surface area contributed by atoms with Crippen LogP contribution >= 0.6 is 11.6 Å². The Morgan fingerprint density at radius 3 is 2.46 bits per heavy atom. The first-order valence-electron chi connectivity index (χ1n) is 7.94. The lowest BCUT2D eigenvalue weighted by molar-refractivity contribution is -0.115. The molecule has 0 aliphatic heterocycles. The summed E-state index contributed by atoms with van der Waals surface area (Å²) < 4.78 is 0. The highest BCUT2D eigenvalue weighted by molar-refractivity contribution is 6.31. The van der Waals surface area contributed by atoms with Crippen molar-refractivity contribution in [2.45, 2.75) is 32.7 Å². The second-order valence-electron chi connectivity index (χ2n) is 5.64. The highest BCUT2D eigenvalue weighted by Crippen LogP contribution is 2.18. The van der Waals surface area contributed by atoms with E-state index < -0.39 is 0 Å². The van der Waals surface area contributed by atoms with E-state index in [4.69, 9.17) is 11.6 Å². The molecule has 5 heteroatoms. The van der Waals surface area contributed by atoms with Crippen molar-refractivity contribution in [1.82, 2.24) is 5.32 Å². The van der Waals surface area contributed by atoms with E-state index in [1.54, 1.807) is 30.3 Å². The van der Waals surface area contributed by atoms with Crippen molar-refractivity contribution in [3.63, 3.8) is 0 Å². The number of rotatable bonds is 6. The molecule has 0 spiro atoms. The Morgan fingerprint density at radius 1 is 1.08 bits per heavy atom. The van der Waals surface area contributed by atoms with Gasteiger partial charge in [-0.05, 0) is 37.1 Å². The van der Waals surface area contributed by atoms with Crippen molar-refractivity contribution >= 4 is 29.1 Å². The zero-order chi connectivity index (χ0) is 17.5. The summed E-state index contributed by atoms with van der Waals surface area (Å²) in [5, 5.41) is 6.26. The van der Waals surface area contributed by atoms with E-state index in [0.29, 0.717) is 16.3 Å². The number of benzene rings is 2. The largest absolute Gasteiger partial charge is 0.350 e. The van der Waals surface area contributed by atoms with E-state index in [-0.39, 0.29) is 24.3 Å². The molecule has 1 atom stereocenters. The molecule has 0 heterocycles. The molecule has 4 nitrogen and oxygen atoms in total. The molecule has 0 aliphatic rings. The number of halogens is 1. The van der Waals surface area contributed by atoms with Gasteiger partial charge in [0.15, 0.2) is 0 Å². The zero-order valence-corrected chi connectivity index (χ0v) is 14.6. The van der Waals surface area contributed by atoms with Gasteiger partial charge in [-0.1, -0.05) is 48.9 Å². The Hall–Kier alpha value is -2.33. The van der Waals surface area contributed by atoms with Crippen LogP contribution in [-0.2, 0) is 11.2 Å². The van der Waals surface area contributed by atoms with Crippen LogP contribution in [0.1, 0.15) is 36.2 Å². The fraction of sp³-hybridized carbons (Fsp3) is 0.263. The summed E-state index contributed by atoms with van der Waals surface area (Å²) in [5.74, 6) is -0.412. The number of para-hydroxylation sites is 1. The molecule has 0 aliphatic carbocycles. The van der Waals surface area contributed by atoms with Crippen molar-refractivity contribution < 1.29 is 9.59 Å². The summed E-state index contributed by atoms with van der Waals surface area (Å²) >= 11 is 6.08. The molecule has 0 radical (unpaired) electrons. The van der Waals surface area contributed by atoms with Crippen LogP contribution in [0, 0.1) is 0 Å². The van der Waals surface area contributed by atoms with E-state index in [1.165, 1.54) is 0 Å². The van der Waals surface area contributed by atoms with Crippen molar-refractivity contribution in [2.24, 2.45) is 0 Å². The first-order valence-corrected chi connectivity index (χ1v) is 8.32. The summed E-state index contributed by atoms with van der Waals surface area (Å²) in [7, 11) is 0. The van der Waals surface area contributed by atoms with E-state index in [9.17, 15) is 9.59 Å². The molecule has 2 amide bonds. The van der Waals surface area contributed by atoms with Crippen LogP contribution in [0.5, 0.6) is 0 Å². The molecule has 24 heavy (non-hydrogen) atoms.